The minimum absolute atomic E-state index is 0.120. The zero-order valence-electron chi connectivity index (χ0n) is 28.4. The van der Waals surface area contributed by atoms with E-state index in [9.17, 15) is 0 Å². The fourth-order valence-electron chi connectivity index (χ4n) is 12.1. The van der Waals surface area contributed by atoms with Crippen LogP contribution in [0.2, 0.25) is 0 Å². The number of para-hydroxylation sites is 2. The molecule has 3 aliphatic heterocycles. The van der Waals surface area contributed by atoms with Crippen LogP contribution in [-0.4, -0.2) is 6.71 Å². The normalized spacial score (nSPS) is 26.5. The summed E-state index contributed by atoms with van der Waals surface area (Å²) in [7, 11) is 0. The van der Waals surface area contributed by atoms with E-state index in [4.69, 9.17) is 0 Å². The van der Waals surface area contributed by atoms with E-state index >= 15 is 0 Å². The van der Waals surface area contributed by atoms with Crippen LogP contribution in [-0.2, 0) is 11.8 Å². The lowest BCUT2D eigenvalue weighted by Gasteiger charge is -2.64. The number of nitrogens with zero attached hydrogens (tertiary/aromatic N) is 2. The number of benzene rings is 5. The Kier molecular flexibility index (Phi) is 5.59. The Morgan fingerprint density at radius 3 is 2.04 bits per heavy atom. The minimum Gasteiger partial charge on any atom is -0.311 e. The van der Waals surface area contributed by atoms with Crippen LogP contribution >= 0.6 is 0 Å². The SMILES string of the molecule is CCc1ccc2c(c1)N(c1ccc(C(C)C)cc1)c1cccc3c1B2c1cccc2c1N3c1ccccc1C21C2CC3CC(C2)CC1C3. The Balaban J connectivity index is 1.20. The van der Waals surface area contributed by atoms with Crippen LogP contribution in [0.4, 0.5) is 34.1 Å². The standard InChI is InChI=1S/C45H43BN2/c1-4-28-15-20-37-42(26-28)47(34-18-16-31(17-19-34)27(2)3)40-13-8-14-41-43(40)46(37)38-11-7-10-36-44(38)48(41)39-12-6-5-9-35(39)45(36)32-22-29-21-30(24-32)25-33(45)23-29/h5-20,26-27,29-30,32-33H,4,21-25H2,1-3H3. The molecule has 0 saturated heterocycles. The molecule has 0 N–H and O–H groups in total. The third-order valence-corrected chi connectivity index (χ3v) is 13.8. The van der Waals surface area contributed by atoms with Crippen molar-refractivity contribution in [2.45, 2.75) is 70.6 Å². The van der Waals surface area contributed by atoms with Gasteiger partial charge in [-0.2, -0.15) is 0 Å². The van der Waals surface area contributed by atoms with E-state index in [0.717, 1.165) is 30.1 Å². The third kappa shape index (κ3) is 3.36. The van der Waals surface area contributed by atoms with E-state index in [-0.39, 0.29) is 12.1 Å². The predicted octanol–water partition coefficient (Wildman–Crippen LogP) is 9.51. The zero-order chi connectivity index (χ0) is 31.9. The lowest BCUT2D eigenvalue weighted by Crippen LogP contribution is -2.64. The molecule has 3 heteroatoms. The van der Waals surface area contributed by atoms with Crippen molar-refractivity contribution in [2.75, 3.05) is 9.80 Å². The number of rotatable bonds is 3. The fraction of sp³-hybridized carbons (Fsp3) is 0.333. The Hall–Kier alpha value is -4.24. The van der Waals surface area contributed by atoms with Crippen LogP contribution in [0, 0.1) is 23.7 Å². The maximum Gasteiger partial charge on any atom is 0.252 e. The van der Waals surface area contributed by atoms with E-state index in [1.165, 1.54) is 93.7 Å². The highest BCUT2D eigenvalue weighted by Crippen LogP contribution is 2.69. The van der Waals surface area contributed by atoms with Gasteiger partial charge in [-0.05, 0) is 143 Å². The molecule has 12 rings (SSSR count). The third-order valence-electron chi connectivity index (χ3n) is 13.8. The molecule has 1 spiro atoms. The van der Waals surface area contributed by atoms with Gasteiger partial charge in [0.25, 0.3) is 6.71 Å². The van der Waals surface area contributed by atoms with Gasteiger partial charge in [0.05, 0.1) is 5.69 Å². The Bertz CT molecular complexity index is 2120. The highest BCUT2D eigenvalue weighted by molar-refractivity contribution is 7.00. The number of hydrogen-bond acceptors (Lipinski definition) is 2. The average molecular weight is 623 g/mol. The largest absolute Gasteiger partial charge is 0.311 e. The Labute approximate surface area is 285 Å². The fourth-order valence-corrected chi connectivity index (χ4v) is 12.1. The van der Waals surface area contributed by atoms with E-state index in [1.54, 1.807) is 11.1 Å². The molecule has 0 aromatic heterocycles. The summed E-state index contributed by atoms with van der Waals surface area (Å²) in [4.78, 5) is 5.27. The second-order valence-corrected chi connectivity index (χ2v) is 16.2. The van der Waals surface area contributed by atoms with Crippen molar-refractivity contribution < 1.29 is 0 Å². The summed E-state index contributed by atoms with van der Waals surface area (Å²) < 4.78 is 0. The lowest BCUT2D eigenvalue weighted by molar-refractivity contribution is -0.0419. The second-order valence-electron chi connectivity index (χ2n) is 16.2. The Morgan fingerprint density at radius 1 is 0.646 bits per heavy atom. The Morgan fingerprint density at radius 2 is 1.31 bits per heavy atom. The highest BCUT2D eigenvalue weighted by atomic mass is 15.2. The molecule has 236 valence electrons. The van der Waals surface area contributed by atoms with Crippen LogP contribution in [0.15, 0.2) is 103 Å². The average Bonchev–Trinajstić information content (AvgIpc) is 3.11. The van der Waals surface area contributed by atoms with Crippen LogP contribution in [0.1, 0.15) is 81.0 Å². The van der Waals surface area contributed by atoms with Crippen molar-refractivity contribution in [2.24, 2.45) is 23.7 Å². The van der Waals surface area contributed by atoms with Gasteiger partial charge >= 0.3 is 0 Å². The first-order valence-electron chi connectivity index (χ1n) is 18.7. The molecule has 3 heterocycles. The molecule has 48 heavy (non-hydrogen) atoms. The number of aryl methyl sites for hydroxylation is 1. The van der Waals surface area contributed by atoms with Gasteiger partial charge in [0.2, 0.25) is 0 Å². The van der Waals surface area contributed by atoms with E-state index in [2.05, 4.69) is 134 Å². The maximum atomic E-state index is 2.71. The summed E-state index contributed by atoms with van der Waals surface area (Å²) in [5.74, 6) is 3.86. The highest BCUT2D eigenvalue weighted by Gasteiger charge is 2.62. The number of fused-ring (bicyclic) bond motifs is 6. The monoisotopic (exact) mass is 622 g/mol. The summed E-state index contributed by atoms with van der Waals surface area (Å²) >= 11 is 0. The summed E-state index contributed by atoms with van der Waals surface area (Å²) in [5.41, 5.74) is 18.7. The first-order valence-corrected chi connectivity index (χ1v) is 18.7. The summed E-state index contributed by atoms with van der Waals surface area (Å²) in [6, 6.07) is 40.9. The van der Waals surface area contributed by atoms with Gasteiger partial charge in [0, 0.05) is 33.9 Å². The number of anilines is 6. The molecule has 5 aromatic carbocycles. The molecule has 4 saturated carbocycles. The van der Waals surface area contributed by atoms with Crippen molar-refractivity contribution in [1.29, 1.82) is 0 Å². The molecule has 4 aliphatic carbocycles. The summed E-state index contributed by atoms with van der Waals surface area (Å²) in [6.45, 7) is 7.05. The van der Waals surface area contributed by atoms with Gasteiger partial charge in [-0.15, -0.1) is 0 Å². The molecular formula is C45H43BN2. The van der Waals surface area contributed by atoms with E-state index < -0.39 is 0 Å². The lowest BCUT2D eigenvalue weighted by atomic mass is 9.32. The van der Waals surface area contributed by atoms with Crippen molar-refractivity contribution in [3.05, 3.63) is 125 Å². The molecular weight excluding hydrogens is 579 g/mol. The van der Waals surface area contributed by atoms with Gasteiger partial charge in [0.15, 0.2) is 0 Å². The van der Waals surface area contributed by atoms with Crippen LogP contribution in [0.3, 0.4) is 0 Å². The molecule has 5 aromatic rings. The van der Waals surface area contributed by atoms with Gasteiger partial charge < -0.3 is 9.80 Å². The molecule has 0 radical (unpaired) electrons. The van der Waals surface area contributed by atoms with Crippen molar-refractivity contribution in [1.82, 2.24) is 0 Å². The smallest absolute Gasteiger partial charge is 0.252 e. The minimum atomic E-state index is 0.120. The van der Waals surface area contributed by atoms with E-state index in [1.807, 2.05) is 0 Å². The zero-order valence-corrected chi connectivity index (χ0v) is 28.4. The van der Waals surface area contributed by atoms with Crippen LogP contribution in [0.5, 0.6) is 0 Å². The quantitative estimate of drug-likeness (QED) is 0.181. The molecule has 0 amide bonds. The van der Waals surface area contributed by atoms with Gasteiger partial charge in [-0.25, -0.2) is 0 Å². The topological polar surface area (TPSA) is 6.48 Å². The first kappa shape index (κ1) is 27.7. The van der Waals surface area contributed by atoms with Crippen LogP contribution < -0.4 is 26.2 Å². The van der Waals surface area contributed by atoms with E-state index in [0.29, 0.717) is 5.92 Å². The van der Waals surface area contributed by atoms with Crippen molar-refractivity contribution >= 4 is 57.2 Å². The van der Waals surface area contributed by atoms with Gasteiger partial charge in [0.1, 0.15) is 0 Å². The van der Waals surface area contributed by atoms with Gasteiger partial charge in [-0.1, -0.05) is 87.5 Å². The second kappa shape index (κ2) is 9.68. The molecule has 2 nitrogen and oxygen atoms in total. The van der Waals surface area contributed by atoms with Gasteiger partial charge in [-0.3, -0.25) is 0 Å². The predicted molar refractivity (Wildman–Crippen MR) is 202 cm³/mol. The molecule has 0 unspecified atom stereocenters. The molecule has 4 bridgehead atoms. The molecule has 7 aliphatic rings. The maximum absolute atomic E-state index is 2.71. The van der Waals surface area contributed by atoms with Crippen LogP contribution in [0.25, 0.3) is 0 Å². The molecule has 4 fully saturated rings. The summed E-state index contributed by atoms with van der Waals surface area (Å²) in [5, 5.41) is 0. The first-order chi connectivity index (χ1) is 23.6. The molecule has 0 atom stereocenters. The van der Waals surface area contributed by atoms with Crippen molar-refractivity contribution in [3.63, 3.8) is 0 Å². The summed E-state index contributed by atoms with van der Waals surface area (Å²) in [6.07, 6.45) is 8.13. The number of hydrogen-bond donors (Lipinski definition) is 0. The van der Waals surface area contributed by atoms with Crippen molar-refractivity contribution in [3.8, 4) is 0 Å².